The lowest BCUT2D eigenvalue weighted by Crippen LogP contribution is -2.39. The zero-order chi connectivity index (χ0) is 29.1. The fraction of sp³-hybridized carbons (Fsp3) is 0.219. The Morgan fingerprint density at radius 2 is 1.83 bits per heavy atom. The molecule has 0 unspecified atom stereocenters. The van der Waals surface area contributed by atoms with Crippen molar-refractivity contribution in [2.45, 2.75) is 26.5 Å². The van der Waals surface area contributed by atoms with Crippen LogP contribution in [-0.4, -0.2) is 31.2 Å². The number of carbonyl (C=O) groups is 1. The lowest BCUT2D eigenvalue weighted by Gasteiger charge is -2.25. The second-order valence-electron chi connectivity index (χ2n) is 9.78. The average Bonchev–Trinajstić information content (AvgIpc) is 3.26. The van der Waals surface area contributed by atoms with Crippen LogP contribution < -0.4 is 24.5 Å². The van der Waals surface area contributed by atoms with Crippen LogP contribution in [0.5, 0.6) is 5.75 Å². The van der Waals surface area contributed by atoms with Gasteiger partial charge in [0.15, 0.2) is 4.80 Å². The summed E-state index contributed by atoms with van der Waals surface area (Å²) in [5.41, 5.74) is 4.33. The molecular weight excluding hydrogens is 558 g/mol. The number of ether oxygens (including phenoxy) is 2. The summed E-state index contributed by atoms with van der Waals surface area (Å²) in [5.74, 6) is 0.234. The molecular formula is C32H30ClN3O4S. The second-order valence-corrected chi connectivity index (χ2v) is 11.2. The molecule has 0 radical (unpaired) electrons. The standard InChI is InChI=1S/C32H30ClN3O4S/c1-5-39-31(38)28-20(2)34-32-36(29(28)23-11-13-25(14-12-23)35(3)4)30(37)27(41-32)18-21-9-15-26(16-10-21)40-19-22-7-6-8-24(33)17-22/h6-18,29H,5,19H2,1-4H3/b27-18-/t29-/m1/s1. The number of anilines is 1. The monoisotopic (exact) mass is 587 g/mol. The van der Waals surface area contributed by atoms with Gasteiger partial charge in [-0.1, -0.05) is 59.3 Å². The van der Waals surface area contributed by atoms with Gasteiger partial charge in [-0.05, 0) is 73.0 Å². The molecule has 5 rings (SSSR count). The maximum Gasteiger partial charge on any atom is 0.338 e. The molecule has 0 aliphatic carbocycles. The molecule has 7 nitrogen and oxygen atoms in total. The molecule has 4 aromatic rings. The third kappa shape index (κ3) is 6.14. The van der Waals surface area contributed by atoms with Gasteiger partial charge < -0.3 is 14.4 Å². The van der Waals surface area contributed by atoms with Crippen LogP contribution in [0.25, 0.3) is 6.08 Å². The summed E-state index contributed by atoms with van der Waals surface area (Å²) in [4.78, 5) is 34.1. The Balaban J connectivity index is 1.50. The number of esters is 1. The van der Waals surface area contributed by atoms with Crippen LogP contribution in [0, 0.1) is 0 Å². The van der Waals surface area contributed by atoms with Crippen molar-refractivity contribution in [2.24, 2.45) is 4.99 Å². The largest absolute Gasteiger partial charge is 0.489 e. The van der Waals surface area contributed by atoms with Gasteiger partial charge in [-0.3, -0.25) is 9.36 Å². The van der Waals surface area contributed by atoms with Crippen LogP contribution in [0.15, 0.2) is 93.9 Å². The summed E-state index contributed by atoms with van der Waals surface area (Å²) in [6.45, 7) is 4.17. The van der Waals surface area contributed by atoms with Gasteiger partial charge in [0, 0.05) is 24.8 Å². The number of carbonyl (C=O) groups excluding carboxylic acids is 1. The van der Waals surface area contributed by atoms with Gasteiger partial charge in [0.05, 0.1) is 28.5 Å². The van der Waals surface area contributed by atoms with Crippen molar-refractivity contribution in [2.75, 3.05) is 25.6 Å². The summed E-state index contributed by atoms with van der Waals surface area (Å²) in [6, 6.07) is 22.3. The molecule has 0 N–H and O–H groups in total. The summed E-state index contributed by atoms with van der Waals surface area (Å²) in [7, 11) is 3.92. The zero-order valence-electron chi connectivity index (χ0n) is 23.3. The van der Waals surface area contributed by atoms with Crippen molar-refractivity contribution in [1.29, 1.82) is 0 Å². The molecule has 3 aromatic carbocycles. The smallest absolute Gasteiger partial charge is 0.338 e. The van der Waals surface area contributed by atoms with E-state index < -0.39 is 12.0 Å². The van der Waals surface area contributed by atoms with Crippen LogP contribution >= 0.6 is 22.9 Å². The maximum atomic E-state index is 13.8. The fourth-order valence-electron chi connectivity index (χ4n) is 4.67. The van der Waals surface area contributed by atoms with Gasteiger partial charge in [-0.2, -0.15) is 0 Å². The van der Waals surface area contributed by atoms with E-state index in [-0.39, 0.29) is 12.2 Å². The number of nitrogens with zero attached hydrogens (tertiary/aromatic N) is 3. The van der Waals surface area contributed by atoms with Crippen LogP contribution in [0.4, 0.5) is 5.69 Å². The molecule has 0 fully saturated rings. The van der Waals surface area contributed by atoms with E-state index >= 15 is 0 Å². The average molecular weight is 588 g/mol. The van der Waals surface area contributed by atoms with E-state index in [9.17, 15) is 9.59 Å². The van der Waals surface area contributed by atoms with Gasteiger partial charge in [0.1, 0.15) is 12.4 Å². The number of allylic oxidation sites excluding steroid dienone is 1. The lowest BCUT2D eigenvalue weighted by atomic mass is 9.95. The Hall–Kier alpha value is -4.14. The molecule has 0 spiro atoms. The molecule has 0 bridgehead atoms. The second kappa shape index (κ2) is 12.2. The predicted molar refractivity (Wildman–Crippen MR) is 163 cm³/mol. The van der Waals surface area contributed by atoms with Crippen LogP contribution in [-0.2, 0) is 16.1 Å². The van der Waals surface area contributed by atoms with Gasteiger partial charge in [0.25, 0.3) is 5.56 Å². The van der Waals surface area contributed by atoms with Crippen molar-refractivity contribution in [1.82, 2.24) is 4.57 Å². The number of hydrogen-bond donors (Lipinski definition) is 0. The van der Waals surface area contributed by atoms with Crippen molar-refractivity contribution in [3.8, 4) is 5.75 Å². The minimum absolute atomic E-state index is 0.217. The SMILES string of the molecule is CCOC(=O)C1=C(C)N=c2s/c(=C\c3ccc(OCc4cccc(Cl)c4)cc3)c(=O)n2[C@@H]1c1ccc(N(C)C)cc1. The van der Waals surface area contributed by atoms with E-state index in [1.807, 2.05) is 97.9 Å². The highest BCUT2D eigenvalue weighted by Crippen LogP contribution is 2.31. The predicted octanol–water partition coefficient (Wildman–Crippen LogP) is 5.10. The summed E-state index contributed by atoms with van der Waals surface area (Å²) < 4.78 is 13.4. The Bertz CT molecular complexity index is 1790. The van der Waals surface area contributed by atoms with Gasteiger partial charge in [0.2, 0.25) is 0 Å². The molecule has 1 atom stereocenters. The Kier molecular flexibility index (Phi) is 8.42. The van der Waals surface area contributed by atoms with E-state index in [0.717, 1.165) is 22.4 Å². The van der Waals surface area contributed by atoms with Crippen molar-refractivity contribution < 1.29 is 14.3 Å². The molecule has 210 valence electrons. The Labute approximate surface area is 247 Å². The third-order valence-electron chi connectivity index (χ3n) is 6.71. The van der Waals surface area contributed by atoms with Gasteiger partial charge >= 0.3 is 5.97 Å². The summed E-state index contributed by atoms with van der Waals surface area (Å²) in [5, 5.41) is 0.667. The highest BCUT2D eigenvalue weighted by atomic mass is 35.5. The summed E-state index contributed by atoms with van der Waals surface area (Å²) in [6.07, 6.45) is 1.83. The first kappa shape index (κ1) is 28.4. The molecule has 1 aliphatic heterocycles. The van der Waals surface area contributed by atoms with Crippen molar-refractivity contribution >= 4 is 40.7 Å². The van der Waals surface area contributed by atoms with E-state index in [1.54, 1.807) is 18.4 Å². The first-order chi connectivity index (χ1) is 19.7. The molecule has 0 saturated heterocycles. The lowest BCUT2D eigenvalue weighted by molar-refractivity contribution is -0.139. The molecule has 1 aromatic heterocycles. The van der Waals surface area contributed by atoms with Gasteiger partial charge in [-0.25, -0.2) is 9.79 Å². The first-order valence-corrected chi connectivity index (χ1v) is 14.4. The number of aromatic nitrogens is 1. The molecule has 2 heterocycles. The highest BCUT2D eigenvalue weighted by Gasteiger charge is 2.33. The molecule has 41 heavy (non-hydrogen) atoms. The minimum atomic E-state index is -0.647. The molecule has 0 amide bonds. The Morgan fingerprint density at radius 1 is 1.10 bits per heavy atom. The van der Waals surface area contributed by atoms with E-state index in [2.05, 4.69) is 4.99 Å². The van der Waals surface area contributed by atoms with E-state index in [0.29, 0.717) is 38.0 Å². The van der Waals surface area contributed by atoms with Crippen molar-refractivity contribution in [3.05, 3.63) is 125 Å². The number of halogens is 1. The van der Waals surface area contributed by atoms with Gasteiger partial charge in [-0.15, -0.1) is 0 Å². The minimum Gasteiger partial charge on any atom is -0.489 e. The summed E-state index contributed by atoms with van der Waals surface area (Å²) >= 11 is 7.36. The van der Waals surface area contributed by atoms with Crippen LogP contribution in [0.2, 0.25) is 5.02 Å². The molecule has 0 saturated carbocycles. The number of hydrogen-bond acceptors (Lipinski definition) is 7. The molecule has 9 heteroatoms. The van der Waals surface area contributed by atoms with Crippen LogP contribution in [0.1, 0.15) is 36.6 Å². The topological polar surface area (TPSA) is 73.1 Å². The first-order valence-electron chi connectivity index (χ1n) is 13.2. The number of benzene rings is 3. The van der Waals surface area contributed by atoms with E-state index in [4.69, 9.17) is 21.1 Å². The van der Waals surface area contributed by atoms with E-state index in [1.165, 1.54) is 11.3 Å². The third-order valence-corrected chi connectivity index (χ3v) is 7.93. The highest BCUT2D eigenvalue weighted by molar-refractivity contribution is 7.07. The number of rotatable bonds is 8. The normalized spacial score (nSPS) is 14.9. The molecule has 1 aliphatic rings. The van der Waals surface area contributed by atoms with Crippen LogP contribution in [0.3, 0.4) is 0 Å². The van der Waals surface area contributed by atoms with Crippen molar-refractivity contribution in [3.63, 3.8) is 0 Å². The zero-order valence-corrected chi connectivity index (χ0v) is 24.8. The number of thiazole rings is 1. The fourth-order valence-corrected chi connectivity index (χ4v) is 5.93. The quantitative estimate of drug-likeness (QED) is 0.268. The Morgan fingerprint density at radius 3 is 2.49 bits per heavy atom. The number of fused-ring (bicyclic) bond motifs is 1. The maximum absolute atomic E-state index is 13.8.